The maximum atomic E-state index is 12.8. The van der Waals surface area contributed by atoms with Crippen LogP contribution in [0.25, 0.3) is 0 Å². The average molecular weight is 438 g/mol. The van der Waals surface area contributed by atoms with Gasteiger partial charge in [-0.15, -0.1) is 11.8 Å². The first-order valence-electron chi connectivity index (χ1n) is 11.2. The van der Waals surface area contributed by atoms with Gasteiger partial charge in [-0.2, -0.15) is 0 Å². The van der Waals surface area contributed by atoms with Gasteiger partial charge in [-0.25, -0.2) is 0 Å². The lowest BCUT2D eigenvalue weighted by Crippen LogP contribution is -2.54. The summed E-state index contributed by atoms with van der Waals surface area (Å²) in [5.41, 5.74) is 3.24. The zero-order chi connectivity index (χ0) is 21.7. The first-order chi connectivity index (χ1) is 15.1. The lowest BCUT2D eigenvalue weighted by molar-refractivity contribution is -0.122. The summed E-state index contributed by atoms with van der Waals surface area (Å²) < 4.78 is 0. The van der Waals surface area contributed by atoms with Crippen molar-refractivity contribution in [3.05, 3.63) is 71.3 Å². The first kappa shape index (κ1) is 21.9. The summed E-state index contributed by atoms with van der Waals surface area (Å²) in [6.45, 7) is 4.20. The smallest absolute Gasteiger partial charge is 0.253 e. The number of hydrogen-bond acceptors (Lipinski definition) is 4. The van der Waals surface area contributed by atoms with Crippen molar-refractivity contribution in [1.29, 1.82) is 0 Å². The largest absolute Gasteiger partial charge is 0.354 e. The molecular formula is C25H31N3O2S. The summed E-state index contributed by atoms with van der Waals surface area (Å²) in [4.78, 5) is 27.3. The number of piperidine rings is 1. The highest BCUT2D eigenvalue weighted by Gasteiger charge is 2.44. The van der Waals surface area contributed by atoms with Gasteiger partial charge < -0.3 is 10.2 Å². The van der Waals surface area contributed by atoms with Crippen molar-refractivity contribution in [3.63, 3.8) is 0 Å². The average Bonchev–Trinajstić information content (AvgIpc) is 3.23. The van der Waals surface area contributed by atoms with Crippen LogP contribution in [0.15, 0.2) is 54.6 Å². The van der Waals surface area contributed by atoms with Crippen LogP contribution in [0.4, 0.5) is 0 Å². The number of nitrogens with one attached hydrogen (secondary N) is 2. The van der Waals surface area contributed by atoms with Crippen LogP contribution in [0.5, 0.6) is 0 Å². The number of amides is 2. The van der Waals surface area contributed by atoms with E-state index in [1.54, 1.807) is 0 Å². The standard InChI is InChI=1S/C25H31N3O2S/c1-2-19-8-10-21(11-9-19)24(30)28-16-13-25(14-17-28)27-22(18-31-25)23(29)26-15-12-20-6-4-3-5-7-20/h3-11,22,27H,2,12-18H2,1H3,(H,26,29). The lowest BCUT2D eigenvalue weighted by atomic mass is 10.0. The van der Waals surface area contributed by atoms with Crippen molar-refractivity contribution < 1.29 is 9.59 Å². The Hall–Kier alpha value is -2.31. The Morgan fingerprint density at radius 1 is 1.06 bits per heavy atom. The molecule has 31 heavy (non-hydrogen) atoms. The van der Waals surface area contributed by atoms with E-state index < -0.39 is 0 Å². The van der Waals surface area contributed by atoms with Crippen molar-refractivity contribution in [2.75, 3.05) is 25.4 Å². The van der Waals surface area contributed by atoms with Crippen LogP contribution in [0, 0.1) is 0 Å². The molecule has 164 valence electrons. The number of rotatable bonds is 6. The molecular weight excluding hydrogens is 406 g/mol. The molecule has 0 bridgehead atoms. The molecule has 6 heteroatoms. The van der Waals surface area contributed by atoms with Crippen molar-refractivity contribution in [3.8, 4) is 0 Å². The number of carbonyl (C=O) groups is 2. The molecule has 4 rings (SSSR count). The quantitative estimate of drug-likeness (QED) is 0.728. The number of carbonyl (C=O) groups excluding carboxylic acids is 2. The summed E-state index contributed by atoms with van der Waals surface area (Å²) in [5, 5.41) is 6.66. The number of hydrogen-bond donors (Lipinski definition) is 2. The molecule has 2 amide bonds. The number of aryl methyl sites for hydroxylation is 1. The fraction of sp³-hybridized carbons (Fsp3) is 0.440. The van der Waals surface area contributed by atoms with Crippen molar-refractivity contribution >= 4 is 23.6 Å². The molecule has 0 radical (unpaired) electrons. The Morgan fingerprint density at radius 3 is 2.45 bits per heavy atom. The SMILES string of the molecule is CCc1ccc(C(=O)N2CCC3(CC2)NC(C(=O)NCCc2ccccc2)CS3)cc1. The van der Waals surface area contributed by atoms with E-state index in [0.29, 0.717) is 6.54 Å². The molecule has 2 aromatic rings. The molecule has 0 saturated carbocycles. The number of likely N-dealkylation sites (tertiary alicyclic amines) is 1. The highest BCUT2D eigenvalue weighted by Crippen LogP contribution is 2.39. The van der Waals surface area contributed by atoms with Crippen LogP contribution in [0.1, 0.15) is 41.3 Å². The van der Waals surface area contributed by atoms with E-state index in [1.165, 1.54) is 11.1 Å². The van der Waals surface area contributed by atoms with E-state index in [-0.39, 0.29) is 22.7 Å². The predicted molar refractivity (Wildman–Crippen MR) is 126 cm³/mol. The summed E-state index contributed by atoms with van der Waals surface area (Å²) in [5.74, 6) is 0.967. The molecule has 0 aromatic heterocycles. The van der Waals surface area contributed by atoms with Crippen LogP contribution in [-0.2, 0) is 17.6 Å². The van der Waals surface area contributed by atoms with Gasteiger partial charge in [0.05, 0.1) is 10.9 Å². The van der Waals surface area contributed by atoms with Gasteiger partial charge in [-0.05, 0) is 48.9 Å². The first-order valence-corrected chi connectivity index (χ1v) is 12.2. The van der Waals surface area contributed by atoms with E-state index in [2.05, 4.69) is 29.7 Å². The van der Waals surface area contributed by atoms with Crippen LogP contribution >= 0.6 is 11.8 Å². The zero-order valence-electron chi connectivity index (χ0n) is 18.1. The molecule has 2 aliphatic heterocycles. The molecule has 2 fully saturated rings. The van der Waals surface area contributed by atoms with Crippen molar-refractivity contribution in [2.45, 2.75) is 43.5 Å². The zero-order valence-corrected chi connectivity index (χ0v) is 18.9. The van der Waals surface area contributed by atoms with E-state index in [4.69, 9.17) is 0 Å². The maximum Gasteiger partial charge on any atom is 0.253 e. The van der Waals surface area contributed by atoms with E-state index in [0.717, 1.165) is 50.1 Å². The summed E-state index contributed by atoms with van der Waals surface area (Å²) in [7, 11) is 0. The maximum absolute atomic E-state index is 12.8. The van der Waals surface area contributed by atoms with Gasteiger partial charge in [0.15, 0.2) is 0 Å². The Kier molecular flexibility index (Phi) is 6.98. The third-order valence-corrected chi connectivity index (χ3v) is 7.88. The summed E-state index contributed by atoms with van der Waals surface area (Å²) >= 11 is 1.84. The van der Waals surface area contributed by atoms with Gasteiger partial charge in [0.2, 0.25) is 5.91 Å². The van der Waals surface area contributed by atoms with E-state index in [9.17, 15) is 9.59 Å². The van der Waals surface area contributed by atoms with Gasteiger partial charge in [0, 0.05) is 31.0 Å². The molecule has 0 aliphatic carbocycles. The molecule has 1 atom stereocenters. The normalized spacial score (nSPS) is 20.0. The molecule has 2 aromatic carbocycles. The minimum Gasteiger partial charge on any atom is -0.354 e. The fourth-order valence-corrected chi connectivity index (χ4v) is 5.73. The number of benzene rings is 2. The Labute approximate surface area is 189 Å². The third kappa shape index (κ3) is 5.31. The van der Waals surface area contributed by atoms with Gasteiger partial charge in [0.25, 0.3) is 5.91 Å². The highest BCUT2D eigenvalue weighted by atomic mass is 32.2. The third-order valence-electron chi connectivity index (χ3n) is 6.30. The molecule has 5 nitrogen and oxygen atoms in total. The number of nitrogens with zero attached hydrogens (tertiary/aromatic N) is 1. The monoisotopic (exact) mass is 437 g/mol. The minimum absolute atomic E-state index is 0.0785. The lowest BCUT2D eigenvalue weighted by Gasteiger charge is -2.39. The van der Waals surface area contributed by atoms with E-state index >= 15 is 0 Å². The van der Waals surface area contributed by atoms with Crippen molar-refractivity contribution in [1.82, 2.24) is 15.5 Å². The molecule has 1 spiro atoms. The van der Waals surface area contributed by atoms with Gasteiger partial charge in [-0.3, -0.25) is 14.9 Å². The molecule has 2 N–H and O–H groups in total. The fourth-order valence-electron chi connectivity index (χ4n) is 4.31. The van der Waals surface area contributed by atoms with Crippen LogP contribution in [-0.4, -0.2) is 53.0 Å². The van der Waals surface area contributed by atoms with Crippen LogP contribution in [0.2, 0.25) is 0 Å². The van der Waals surface area contributed by atoms with E-state index in [1.807, 2.05) is 59.1 Å². The predicted octanol–water partition coefficient (Wildman–Crippen LogP) is 3.25. The second kappa shape index (κ2) is 9.88. The summed E-state index contributed by atoms with van der Waals surface area (Å²) in [6.07, 6.45) is 3.55. The molecule has 1 unspecified atom stereocenters. The second-order valence-electron chi connectivity index (χ2n) is 8.37. The minimum atomic E-state index is -0.162. The molecule has 2 aliphatic rings. The molecule has 2 heterocycles. The van der Waals surface area contributed by atoms with Gasteiger partial charge >= 0.3 is 0 Å². The topological polar surface area (TPSA) is 61.4 Å². The Balaban J connectivity index is 1.24. The number of thioether (sulfide) groups is 1. The van der Waals surface area contributed by atoms with Gasteiger partial charge in [-0.1, -0.05) is 49.4 Å². The summed E-state index contributed by atoms with van der Waals surface area (Å²) in [6, 6.07) is 18.0. The van der Waals surface area contributed by atoms with Gasteiger partial charge in [0.1, 0.15) is 0 Å². The van der Waals surface area contributed by atoms with Crippen LogP contribution < -0.4 is 10.6 Å². The second-order valence-corrected chi connectivity index (χ2v) is 9.78. The highest BCUT2D eigenvalue weighted by molar-refractivity contribution is 8.01. The Bertz CT molecular complexity index is 893. The van der Waals surface area contributed by atoms with Crippen LogP contribution in [0.3, 0.4) is 0 Å². The Morgan fingerprint density at radius 2 is 1.77 bits per heavy atom. The van der Waals surface area contributed by atoms with Crippen molar-refractivity contribution in [2.24, 2.45) is 0 Å². The molecule has 2 saturated heterocycles.